The minimum atomic E-state index is -0.193. The summed E-state index contributed by atoms with van der Waals surface area (Å²) in [5.41, 5.74) is 2.47. The maximum atomic E-state index is 6.12. The minimum Gasteiger partial charge on any atom is -0.491 e. The van der Waals surface area contributed by atoms with Crippen molar-refractivity contribution in [2.24, 2.45) is 0 Å². The van der Waals surface area contributed by atoms with Gasteiger partial charge in [0.25, 0.3) is 0 Å². The molecule has 0 spiro atoms. The van der Waals surface area contributed by atoms with Gasteiger partial charge in [-0.25, -0.2) is 0 Å². The van der Waals surface area contributed by atoms with Crippen molar-refractivity contribution >= 4 is 18.1 Å². The summed E-state index contributed by atoms with van der Waals surface area (Å²) >= 11 is 0. The Morgan fingerprint density at radius 1 is 1.07 bits per heavy atom. The van der Waals surface area contributed by atoms with Gasteiger partial charge in [0.05, 0.1) is 6.04 Å². The van der Waals surface area contributed by atoms with Gasteiger partial charge < -0.3 is 19.7 Å². The molecule has 1 heterocycles. The Hall–Kier alpha value is -1.91. The highest BCUT2D eigenvalue weighted by atomic mass is 35.5. The third kappa shape index (κ3) is 6.83. The van der Waals surface area contributed by atoms with Gasteiger partial charge in [-0.15, -0.1) is 12.4 Å². The van der Waals surface area contributed by atoms with E-state index in [9.17, 15) is 0 Å². The first kappa shape index (κ1) is 23.4. The second-order valence-corrected chi connectivity index (χ2v) is 8.80. The predicted octanol–water partition coefficient (Wildman–Crippen LogP) is 5.27. The number of halogens is 1. The molecule has 29 heavy (non-hydrogen) atoms. The first-order chi connectivity index (χ1) is 13.3. The number of hydrogen-bond donors (Lipinski definition) is 1. The second kappa shape index (κ2) is 10.2. The molecule has 3 rings (SSSR count). The van der Waals surface area contributed by atoms with Gasteiger partial charge in [-0.2, -0.15) is 0 Å². The highest BCUT2D eigenvalue weighted by Crippen LogP contribution is 2.25. The minimum absolute atomic E-state index is 0. The zero-order chi connectivity index (χ0) is 20.1. The van der Waals surface area contributed by atoms with Gasteiger partial charge in [0.1, 0.15) is 23.7 Å². The van der Waals surface area contributed by atoms with Crippen molar-refractivity contribution in [1.29, 1.82) is 0 Å². The number of piperazine rings is 1. The maximum absolute atomic E-state index is 6.12. The number of nitrogens with zero attached hydrogens (tertiary/aromatic N) is 1. The van der Waals surface area contributed by atoms with Crippen molar-refractivity contribution in [2.75, 3.05) is 31.1 Å². The van der Waals surface area contributed by atoms with E-state index in [0.29, 0.717) is 18.6 Å². The molecule has 1 saturated heterocycles. The van der Waals surface area contributed by atoms with Crippen LogP contribution in [0.15, 0.2) is 48.5 Å². The van der Waals surface area contributed by atoms with Crippen LogP contribution in [0.25, 0.3) is 0 Å². The van der Waals surface area contributed by atoms with Crippen LogP contribution in [0.4, 0.5) is 5.69 Å². The van der Waals surface area contributed by atoms with E-state index < -0.39 is 0 Å². The second-order valence-electron chi connectivity index (χ2n) is 8.80. The Bertz CT molecular complexity index is 756. The summed E-state index contributed by atoms with van der Waals surface area (Å²) in [6.45, 7) is 14.2. The Balaban J connectivity index is 0.00000300. The van der Waals surface area contributed by atoms with Gasteiger partial charge in [0.15, 0.2) is 0 Å². The molecular weight excluding hydrogens is 384 g/mol. The molecule has 5 heteroatoms. The van der Waals surface area contributed by atoms with E-state index in [1.165, 1.54) is 11.3 Å². The molecule has 1 aliphatic rings. The summed E-state index contributed by atoms with van der Waals surface area (Å²) in [6, 6.07) is 17.1. The van der Waals surface area contributed by atoms with Crippen LogP contribution in [0, 0.1) is 0 Å². The van der Waals surface area contributed by atoms with Gasteiger partial charge in [0, 0.05) is 25.3 Å². The highest BCUT2D eigenvalue weighted by molar-refractivity contribution is 5.85. The third-order valence-electron chi connectivity index (χ3n) is 4.91. The zero-order valence-corrected chi connectivity index (χ0v) is 19.1. The first-order valence-corrected chi connectivity index (χ1v) is 10.3. The monoisotopic (exact) mass is 418 g/mol. The van der Waals surface area contributed by atoms with Crippen molar-refractivity contribution in [3.63, 3.8) is 0 Å². The molecule has 2 aromatic carbocycles. The van der Waals surface area contributed by atoms with Crippen LogP contribution in [0.3, 0.4) is 0 Å². The lowest BCUT2D eigenvalue weighted by atomic mass is 10.0. The van der Waals surface area contributed by atoms with Gasteiger partial charge >= 0.3 is 0 Å². The lowest BCUT2D eigenvalue weighted by Crippen LogP contribution is -2.54. The normalized spacial score (nSPS) is 17.0. The van der Waals surface area contributed by atoms with E-state index in [-0.39, 0.29) is 18.0 Å². The van der Waals surface area contributed by atoms with E-state index >= 15 is 0 Å². The Labute approximate surface area is 182 Å². The number of anilines is 1. The molecule has 1 unspecified atom stereocenters. The average Bonchev–Trinajstić information content (AvgIpc) is 2.66. The van der Waals surface area contributed by atoms with Gasteiger partial charge in [-0.05, 0) is 68.7 Å². The highest BCUT2D eigenvalue weighted by Gasteiger charge is 2.23. The fraction of sp³-hybridized carbons (Fsp3) is 0.500. The lowest BCUT2D eigenvalue weighted by molar-refractivity contribution is 0.130. The summed E-state index contributed by atoms with van der Waals surface area (Å²) in [6.07, 6.45) is 0. The molecule has 0 aromatic heterocycles. The number of hydrogen-bond acceptors (Lipinski definition) is 4. The number of benzene rings is 2. The molecule has 0 saturated carbocycles. The topological polar surface area (TPSA) is 33.7 Å². The van der Waals surface area contributed by atoms with E-state index in [1.54, 1.807) is 0 Å². The van der Waals surface area contributed by atoms with Gasteiger partial charge in [0.2, 0.25) is 0 Å². The maximum Gasteiger partial charge on any atom is 0.120 e. The molecule has 1 atom stereocenters. The van der Waals surface area contributed by atoms with E-state index in [2.05, 4.69) is 69.1 Å². The first-order valence-electron chi connectivity index (χ1n) is 10.3. The molecule has 1 fully saturated rings. The molecule has 1 aliphatic heterocycles. The van der Waals surface area contributed by atoms with Gasteiger partial charge in [-0.1, -0.05) is 26.0 Å². The Morgan fingerprint density at radius 2 is 1.76 bits per heavy atom. The Morgan fingerprint density at radius 3 is 2.41 bits per heavy atom. The van der Waals surface area contributed by atoms with Crippen LogP contribution in [0.2, 0.25) is 0 Å². The molecule has 2 aromatic rings. The standard InChI is InChI=1S/C24H34N2O2.ClH/c1-18(2)19-7-6-8-20(15-19)26-14-13-25-16-21(26)17-27-22-9-11-23(12-10-22)28-24(3,4)5;/h6-12,15,18,21,25H,13-14,16-17H2,1-5H3;1H. The van der Waals surface area contributed by atoms with Crippen LogP contribution in [-0.2, 0) is 0 Å². The number of nitrogens with one attached hydrogen (secondary N) is 1. The molecule has 0 radical (unpaired) electrons. The molecule has 0 aliphatic carbocycles. The Kier molecular flexibility index (Phi) is 8.23. The molecular formula is C24H35ClN2O2. The quantitative estimate of drug-likeness (QED) is 0.693. The average molecular weight is 419 g/mol. The molecule has 0 amide bonds. The third-order valence-corrected chi connectivity index (χ3v) is 4.91. The number of ether oxygens (including phenoxy) is 2. The van der Waals surface area contributed by atoms with Crippen molar-refractivity contribution < 1.29 is 9.47 Å². The van der Waals surface area contributed by atoms with Gasteiger partial charge in [-0.3, -0.25) is 0 Å². The van der Waals surface area contributed by atoms with Crippen LogP contribution in [-0.4, -0.2) is 37.9 Å². The lowest BCUT2D eigenvalue weighted by Gasteiger charge is -2.38. The summed E-state index contributed by atoms with van der Waals surface area (Å²) in [4.78, 5) is 2.47. The van der Waals surface area contributed by atoms with E-state index in [4.69, 9.17) is 9.47 Å². The molecule has 0 bridgehead atoms. The predicted molar refractivity (Wildman–Crippen MR) is 124 cm³/mol. The fourth-order valence-corrected chi connectivity index (χ4v) is 3.46. The van der Waals surface area contributed by atoms with Crippen LogP contribution in [0.1, 0.15) is 46.1 Å². The van der Waals surface area contributed by atoms with E-state index in [0.717, 1.165) is 31.1 Å². The summed E-state index contributed by atoms with van der Waals surface area (Å²) in [7, 11) is 0. The zero-order valence-electron chi connectivity index (χ0n) is 18.3. The largest absolute Gasteiger partial charge is 0.491 e. The fourth-order valence-electron chi connectivity index (χ4n) is 3.46. The smallest absolute Gasteiger partial charge is 0.120 e. The van der Waals surface area contributed by atoms with Crippen LogP contribution >= 0.6 is 12.4 Å². The van der Waals surface area contributed by atoms with Crippen molar-refractivity contribution in [1.82, 2.24) is 5.32 Å². The van der Waals surface area contributed by atoms with Crippen LogP contribution < -0.4 is 19.7 Å². The van der Waals surface area contributed by atoms with Crippen LogP contribution in [0.5, 0.6) is 11.5 Å². The van der Waals surface area contributed by atoms with Crippen molar-refractivity contribution in [2.45, 2.75) is 52.2 Å². The molecule has 160 valence electrons. The SMILES string of the molecule is CC(C)c1cccc(N2CCNCC2COc2ccc(OC(C)(C)C)cc2)c1.Cl. The number of rotatable bonds is 6. The molecule has 4 nitrogen and oxygen atoms in total. The summed E-state index contributed by atoms with van der Waals surface area (Å²) in [5, 5.41) is 3.50. The van der Waals surface area contributed by atoms with Crippen molar-refractivity contribution in [3.8, 4) is 11.5 Å². The summed E-state index contributed by atoms with van der Waals surface area (Å²) < 4.78 is 12.0. The summed E-state index contributed by atoms with van der Waals surface area (Å²) in [5.74, 6) is 2.28. The molecule has 1 N–H and O–H groups in total. The van der Waals surface area contributed by atoms with E-state index in [1.807, 2.05) is 24.3 Å². The van der Waals surface area contributed by atoms with Crippen molar-refractivity contribution in [3.05, 3.63) is 54.1 Å².